The molecule has 2 saturated carbocycles. The van der Waals surface area contributed by atoms with Crippen LogP contribution in [-0.2, 0) is 53.3 Å². The highest BCUT2D eigenvalue weighted by Gasteiger charge is 2.54. The highest BCUT2D eigenvalue weighted by molar-refractivity contribution is 7.93. The number of para-hydroxylation sites is 2. The monoisotopic (exact) mass is 974 g/mol. The Morgan fingerprint density at radius 3 is 1.57 bits per heavy atom. The fraction of sp³-hybridized carbons (Fsp3) is 0.480. The van der Waals surface area contributed by atoms with Gasteiger partial charge in [0, 0.05) is 62.3 Å². The maximum Gasteiger partial charge on any atom is 0.265 e. The van der Waals surface area contributed by atoms with Crippen molar-refractivity contribution in [3.63, 3.8) is 0 Å². The molecule has 2 aliphatic heterocycles. The molecule has 4 aromatic rings. The second kappa shape index (κ2) is 18.6. The third kappa shape index (κ3) is 8.88. The van der Waals surface area contributed by atoms with Gasteiger partial charge in [-0.1, -0.05) is 48.7 Å². The summed E-state index contributed by atoms with van der Waals surface area (Å²) in [6.07, 6.45) is 9.29. The van der Waals surface area contributed by atoms with Gasteiger partial charge in [0.15, 0.2) is 0 Å². The summed E-state index contributed by atoms with van der Waals surface area (Å²) in [5.41, 5.74) is 2.97. The highest BCUT2D eigenvalue weighted by atomic mass is 35.5. The average Bonchev–Trinajstić information content (AvgIpc) is 3.78. The van der Waals surface area contributed by atoms with E-state index >= 15 is 0 Å². The molecule has 2 N–H and O–H groups in total. The summed E-state index contributed by atoms with van der Waals surface area (Å²) < 4.78 is 81.8. The molecule has 2 saturated heterocycles. The molecule has 17 heteroatoms. The van der Waals surface area contributed by atoms with Crippen LogP contribution in [0.5, 0.6) is 23.0 Å². The third-order valence-corrected chi connectivity index (χ3v) is 18.0. The standard InChI is InChI=1S/C25H29ClN2O5S.C25H30N2O5S/c1-28-12-8-16(9-13-28)33-20-15-18(27-34(30,31)21-7-4-3-6-19(21)32-2)24(26)23-17(20)14-22(29)25(23)10-5-11-25;1-27-12-8-18(9-13-27)32-22-15-17(14-20-19(22)16-24(28)25(20)10-5-11-25)26-33(29,30)23-7-4-3-6-21(23)31-2/h3-4,6-7,15-16,27H,5,8-14H2,1-2H3;3-4,6-7,14-15,18,26H,5,8-13,16H2,1-2H3. The zero-order chi connectivity index (χ0) is 47.3. The van der Waals surface area contributed by atoms with Crippen LogP contribution in [0.1, 0.15) is 86.5 Å². The van der Waals surface area contributed by atoms with Crippen LogP contribution in [0.15, 0.2) is 76.5 Å². The number of piperidine rings is 2. The Kier molecular flexibility index (Phi) is 13.1. The predicted octanol–water partition coefficient (Wildman–Crippen LogP) is 7.69. The first-order valence-electron chi connectivity index (χ1n) is 23.2. The number of methoxy groups -OCH3 is 2. The van der Waals surface area contributed by atoms with Crippen LogP contribution < -0.4 is 28.4 Å². The van der Waals surface area contributed by atoms with Gasteiger partial charge in [0.05, 0.1) is 41.4 Å². The van der Waals surface area contributed by atoms with E-state index in [1.54, 1.807) is 48.5 Å². The number of ketones is 2. The first-order chi connectivity index (χ1) is 32.1. The Hall–Kier alpha value is -4.87. The molecule has 2 spiro atoms. The smallest absolute Gasteiger partial charge is 0.265 e. The van der Waals surface area contributed by atoms with Crippen LogP contribution in [0.3, 0.4) is 0 Å². The molecule has 0 bridgehead atoms. The fourth-order valence-electron chi connectivity index (χ4n) is 10.7. The van der Waals surface area contributed by atoms with Crippen LogP contribution >= 0.6 is 11.6 Å². The zero-order valence-corrected chi connectivity index (χ0v) is 40.9. The number of halogens is 1. The number of hydrogen-bond donors (Lipinski definition) is 2. The first kappa shape index (κ1) is 47.2. The minimum Gasteiger partial charge on any atom is -0.495 e. The molecule has 0 aromatic heterocycles. The molecule has 0 unspecified atom stereocenters. The summed E-state index contributed by atoms with van der Waals surface area (Å²) >= 11 is 6.84. The summed E-state index contributed by atoms with van der Waals surface area (Å²) in [5.74, 6) is 2.08. The first-order valence-corrected chi connectivity index (χ1v) is 26.5. The quantitative estimate of drug-likeness (QED) is 0.142. The van der Waals surface area contributed by atoms with Gasteiger partial charge in [-0.05, 0) is 107 Å². The van der Waals surface area contributed by atoms with E-state index in [0.717, 1.165) is 113 Å². The van der Waals surface area contributed by atoms with Crippen molar-refractivity contribution in [2.75, 3.05) is 63.9 Å². The molecule has 67 heavy (non-hydrogen) atoms. The van der Waals surface area contributed by atoms with E-state index in [2.05, 4.69) is 33.3 Å². The van der Waals surface area contributed by atoms with Crippen LogP contribution in [0.4, 0.5) is 11.4 Å². The number of fused-ring (bicyclic) bond motifs is 4. The van der Waals surface area contributed by atoms with Crippen LogP contribution in [0.2, 0.25) is 5.02 Å². The van der Waals surface area contributed by atoms with E-state index in [0.29, 0.717) is 23.6 Å². The Balaban J connectivity index is 0.000000168. The van der Waals surface area contributed by atoms with Crippen LogP contribution in [-0.4, -0.2) is 105 Å². The van der Waals surface area contributed by atoms with Gasteiger partial charge in [-0.25, -0.2) is 16.8 Å². The van der Waals surface area contributed by atoms with Gasteiger partial charge in [0.2, 0.25) is 0 Å². The zero-order valence-electron chi connectivity index (χ0n) is 38.5. The van der Waals surface area contributed by atoms with Gasteiger partial charge >= 0.3 is 0 Å². The maximum atomic E-state index is 13.3. The van der Waals surface area contributed by atoms with E-state index in [-0.39, 0.29) is 62.2 Å². The van der Waals surface area contributed by atoms with Gasteiger partial charge < -0.3 is 28.7 Å². The van der Waals surface area contributed by atoms with Crippen molar-refractivity contribution in [1.82, 2.24) is 9.80 Å². The summed E-state index contributed by atoms with van der Waals surface area (Å²) in [7, 11) is -0.836. The van der Waals surface area contributed by atoms with E-state index in [1.165, 1.54) is 26.4 Å². The second-order valence-electron chi connectivity index (χ2n) is 18.9. The summed E-state index contributed by atoms with van der Waals surface area (Å²) in [6, 6.07) is 18.2. The third-order valence-electron chi connectivity index (χ3n) is 14.8. The Labute approximate surface area is 398 Å². The Morgan fingerprint density at radius 1 is 0.612 bits per heavy atom. The molecular formula is C50H59ClN4O10S2. The van der Waals surface area contributed by atoms with Crippen LogP contribution in [0.25, 0.3) is 0 Å². The van der Waals surface area contributed by atoms with Gasteiger partial charge in [0.25, 0.3) is 20.0 Å². The Bertz CT molecular complexity index is 2800. The van der Waals surface area contributed by atoms with E-state index in [4.69, 9.17) is 30.5 Å². The predicted molar refractivity (Wildman–Crippen MR) is 256 cm³/mol. The number of Topliss-reactive ketones (excluding diaryl/α,β-unsaturated/α-hetero) is 2. The molecule has 4 aliphatic carbocycles. The highest BCUT2D eigenvalue weighted by Crippen LogP contribution is 2.57. The summed E-state index contributed by atoms with van der Waals surface area (Å²) in [5, 5.41) is 0.287. The minimum atomic E-state index is -4.00. The number of hydrogen-bond acceptors (Lipinski definition) is 12. The lowest BCUT2D eigenvalue weighted by molar-refractivity contribution is -0.126. The molecule has 14 nitrogen and oxygen atoms in total. The SMILES string of the molecule is COc1ccccc1S(=O)(=O)Nc1cc(OC2CCN(C)CC2)c2c(c1)C1(CCC1)C(=O)C2.COc1ccccc1S(=O)(=O)Nc1cc(OC2CCN(C)CC2)c2c(c1Cl)C1(CCC1)C(=O)C2. The van der Waals surface area contributed by atoms with Gasteiger partial charge in [-0.15, -0.1) is 0 Å². The number of carbonyl (C=O) groups is 2. The van der Waals surface area contributed by atoms with Crippen molar-refractivity contribution in [1.29, 1.82) is 0 Å². The number of benzene rings is 4. The van der Waals surface area contributed by atoms with Crippen molar-refractivity contribution in [2.24, 2.45) is 0 Å². The van der Waals surface area contributed by atoms with Crippen molar-refractivity contribution in [3.8, 4) is 23.0 Å². The van der Waals surface area contributed by atoms with Crippen molar-refractivity contribution in [3.05, 3.63) is 94.0 Å². The summed E-state index contributed by atoms with van der Waals surface area (Å²) in [4.78, 5) is 30.7. The topological polar surface area (TPSA) is 170 Å². The number of ether oxygens (including phenoxy) is 4. The molecule has 0 radical (unpaired) electrons. The molecule has 2 heterocycles. The lowest BCUT2D eigenvalue weighted by atomic mass is 9.64. The number of nitrogens with one attached hydrogen (secondary N) is 2. The van der Waals surface area contributed by atoms with Gasteiger partial charge in [-0.2, -0.15) is 0 Å². The molecular weight excluding hydrogens is 916 g/mol. The van der Waals surface area contributed by atoms with E-state index in [1.807, 2.05) is 6.07 Å². The van der Waals surface area contributed by atoms with E-state index < -0.39 is 30.9 Å². The molecule has 6 aliphatic rings. The number of likely N-dealkylation sites (tertiary alicyclic amines) is 2. The van der Waals surface area contributed by atoms with E-state index in [9.17, 15) is 26.4 Å². The lowest BCUT2D eigenvalue weighted by Crippen LogP contribution is -2.39. The molecule has 4 fully saturated rings. The fourth-order valence-corrected chi connectivity index (χ4v) is 13.6. The molecule has 0 amide bonds. The Morgan fingerprint density at radius 2 is 1.07 bits per heavy atom. The number of rotatable bonds is 12. The average molecular weight is 976 g/mol. The number of carbonyl (C=O) groups excluding carboxylic acids is 2. The lowest BCUT2D eigenvalue weighted by Gasteiger charge is -2.38. The van der Waals surface area contributed by atoms with Crippen LogP contribution in [0, 0.1) is 0 Å². The minimum absolute atomic E-state index is 0.00759. The van der Waals surface area contributed by atoms with Gasteiger partial charge in [-0.3, -0.25) is 19.0 Å². The molecule has 0 atom stereocenters. The van der Waals surface area contributed by atoms with Crippen molar-refractivity contribution < 1.29 is 45.4 Å². The maximum absolute atomic E-state index is 13.3. The number of anilines is 2. The normalized spacial score (nSPS) is 20.3. The molecule has 10 rings (SSSR count). The number of sulfonamides is 2. The molecule has 4 aromatic carbocycles. The second-order valence-corrected chi connectivity index (χ2v) is 22.6. The van der Waals surface area contributed by atoms with Gasteiger partial charge in [0.1, 0.15) is 56.6 Å². The van der Waals surface area contributed by atoms with Crippen molar-refractivity contribution >= 4 is 54.6 Å². The summed E-state index contributed by atoms with van der Waals surface area (Å²) in [6.45, 7) is 3.76. The van der Waals surface area contributed by atoms with Crippen molar-refractivity contribution in [2.45, 2.75) is 110 Å². The largest absolute Gasteiger partial charge is 0.495 e. The molecule has 358 valence electrons. The number of nitrogens with zero attached hydrogens (tertiary/aromatic N) is 2.